The van der Waals surface area contributed by atoms with Crippen LogP contribution in [0.4, 0.5) is 5.95 Å². The lowest BCUT2D eigenvalue weighted by Crippen LogP contribution is -2.33. The van der Waals surface area contributed by atoms with Crippen molar-refractivity contribution in [2.75, 3.05) is 12.3 Å². The van der Waals surface area contributed by atoms with Crippen molar-refractivity contribution in [2.24, 2.45) is 0 Å². The van der Waals surface area contributed by atoms with Crippen LogP contribution < -0.4 is 16.4 Å². The second-order valence-corrected chi connectivity index (χ2v) is 5.59. The van der Waals surface area contributed by atoms with Crippen LogP contribution in [0.3, 0.4) is 0 Å². The quantitative estimate of drug-likeness (QED) is 0.689. The van der Waals surface area contributed by atoms with Gasteiger partial charge in [-0.05, 0) is 22.9 Å². The molecule has 0 saturated heterocycles. The van der Waals surface area contributed by atoms with Gasteiger partial charge < -0.3 is 20.9 Å². The molecule has 1 aromatic carbocycles. The lowest BCUT2D eigenvalue weighted by Gasteiger charge is -2.18. The van der Waals surface area contributed by atoms with Gasteiger partial charge in [-0.2, -0.15) is 4.98 Å². The summed E-state index contributed by atoms with van der Waals surface area (Å²) >= 11 is 5.86. The van der Waals surface area contributed by atoms with Crippen LogP contribution in [0.25, 0.3) is 0 Å². The molecule has 0 aliphatic heterocycles. The number of hydrogen-bond acceptors (Lipinski definition) is 6. The van der Waals surface area contributed by atoms with E-state index in [0.717, 1.165) is 5.56 Å². The zero-order chi connectivity index (χ0) is 17.5. The second kappa shape index (κ2) is 8.30. The van der Waals surface area contributed by atoms with Gasteiger partial charge in [-0.1, -0.05) is 23.7 Å². The monoisotopic (exact) mass is 351 g/mol. The van der Waals surface area contributed by atoms with E-state index in [1.165, 1.54) is 6.92 Å². The van der Waals surface area contributed by atoms with E-state index in [1.807, 2.05) is 0 Å². The predicted molar refractivity (Wildman–Crippen MR) is 88.1 cm³/mol. The number of aromatic nitrogens is 2. The maximum Gasteiger partial charge on any atom is 0.260 e. The first kappa shape index (κ1) is 17.7. The number of nitrogens with two attached hydrogens (primary N) is 1. The minimum Gasteiger partial charge on any atom is -0.365 e. The van der Waals surface area contributed by atoms with Gasteiger partial charge in [0.1, 0.15) is 0 Å². The van der Waals surface area contributed by atoms with E-state index in [1.54, 1.807) is 24.3 Å². The van der Waals surface area contributed by atoms with Gasteiger partial charge >= 0.3 is 0 Å². The molecule has 8 nitrogen and oxygen atoms in total. The molecule has 2 rings (SSSR count). The van der Waals surface area contributed by atoms with Gasteiger partial charge in [-0.25, -0.2) is 0 Å². The topological polar surface area (TPSA) is 123 Å². The molecule has 0 bridgehead atoms. The van der Waals surface area contributed by atoms with Gasteiger partial charge in [-0.3, -0.25) is 9.59 Å². The van der Waals surface area contributed by atoms with Crippen molar-refractivity contribution in [3.05, 3.63) is 40.7 Å². The van der Waals surface area contributed by atoms with E-state index in [-0.39, 0.29) is 24.2 Å². The molecule has 0 fully saturated rings. The summed E-state index contributed by atoms with van der Waals surface area (Å²) in [5.74, 6) is -0.0195. The van der Waals surface area contributed by atoms with Crippen molar-refractivity contribution in [1.82, 2.24) is 20.8 Å². The maximum atomic E-state index is 12.1. The fourth-order valence-corrected chi connectivity index (χ4v) is 2.25. The summed E-state index contributed by atoms with van der Waals surface area (Å²) in [6, 6.07) is 6.54. The van der Waals surface area contributed by atoms with E-state index < -0.39 is 6.04 Å². The van der Waals surface area contributed by atoms with E-state index in [9.17, 15) is 9.59 Å². The van der Waals surface area contributed by atoms with Gasteiger partial charge in [0.2, 0.25) is 17.7 Å². The normalized spacial score (nSPS) is 11.8. The molecular formula is C15H18ClN5O3. The molecule has 128 valence electrons. The highest BCUT2D eigenvalue weighted by molar-refractivity contribution is 6.30. The van der Waals surface area contributed by atoms with Crippen molar-refractivity contribution in [3.8, 4) is 0 Å². The first-order chi connectivity index (χ1) is 11.4. The molecule has 9 heteroatoms. The Kier molecular flexibility index (Phi) is 6.14. The molecule has 1 aromatic heterocycles. The van der Waals surface area contributed by atoms with Gasteiger partial charge in [0.15, 0.2) is 0 Å². The number of halogens is 1. The van der Waals surface area contributed by atoms with Crippen LogP contribution in [-0.4, -0.2) is 28.5 Å². The van der Waals surface area contributed by atoms with E-state index >= 15 is 0 Å². The van der Waals surface area contributed by atoms with Gasteiger partial charge in [0.25, 0.3) is 5.95 Å². The Bertz CT molecular complexity index is 701. The smallest absolute Gasteiger partial charge is 0.260 e. The number of rotatable bonds is 7. The third kappa shape index (κ3) is 5.54. The number of carbonyl (C=O) groups is 2. The number of anilines is 1. The molecule has 0 saturated carbocycles. The molecule has 0 spiro atoms. The first-order valence-corrected chi connectivity index (χ1v) is 7.69. The van der Waals surface area contributed by atoms with E-state index in [0.29, 0.717) is 23.9 Å². The van der Waals surface area contributed by atoms with Crippen LogP contribution in [0.1, 0.15) is 30.8 Å². The maximum absolute atomic E-state index is 12.1. The Morgan fingerprint density at radius 3 is 2.62 bits per heavy atom. The minimum absolute atomic E-state index is 0.0600. The second-order valence-electron chi connectivity index (χ2n) is 5.16. The molecule has 4 N–H and O–H groups in total. The fraction of sp³-hybridized carbons (Fsp3) is 0.333. The molecule has 1 heterocycles. The van der Waals surface area contributed by atoms with Crippen LogP contribution in [0.5, 0.6) is 0 Å². The third-order valence-electron chi connectivity index (χ3n) is 3.18. The molecule has 1 unspecified atom stereocenters. The third-order valence-corrected chi connectivity index (χ3v) is 3.44. The number of benzene rings is 1. The van der Waals surface area contributed by atoms with Crippen LogP contribution >= 0.6 is 11.6 Å². The van der Waals surface area contributed by atoms with Crippen molar-refractivity contribution >= 4 is 29.4 Å². The Morgan fingerprint density at radius 2 is 2.04 bits per heavy atom. The number of amides is 2. The molecule has 2 aromatic rings. The Balaban J connectivity index is 1.89. The summed E-state index contributed by atoms with van der Waals surface area (Å²) in [7, 11) is 0. The molecule has 0 aliphatic carbocycles. The van der Waals surface area contributed by atoms with E-state index in [2.05, 4.69) is 20.8 Å². The fourth-order valence-electron chi connectivity index (χ4n) is 2.13. The van der Waals surface area contributed by atoms with Crippen molar-refractivity contribution in [1.29, 1.82) is 0 Å². The number of nitrogens with one attached hydrogen (secondary N) is 2. The largest absolute Gasteiger partial charge is 0.365 e. The Labute approximate surface area is 143 Å². The van der Waals surface area contributed by atoms with Crippen LogP contribution in [0, 0.1) is 0 Å². The Hall–Kier alpha value is -2.61. The number of nitrogens with zero attached hydrogens (tertiary/aromatic N) is 2. The summed E-state index contributed by atoms with van der Waals surface area (Å²) in [6.07, 6.45) is 0.481. The highest BCUT2D eigenvalue weighted by Crippen LogP contribution is 2.19. The Morgan fingerprint density at radius 1 is 1.33 bits per heavy atom. The van der Waals surface area contributed by atoms with Gasteiger partial charge in [-0.15, -0.1) is 0 Å². The highest BCUT2D eigenvalue weighted by atomic mass is 35.5. The lowest BCUT2D eigenvalue weighted by molar-refractivity contribution is -0.122. The zero-order valence-electron chi connectivity index (χ0n) is 13.1. The van der Waals surface area contributed by atoms with Gasteiger partial charge in [0.05, 0.1) is 12.5 Å². The summed E-state index contributed by atoms with van der Waals surface area (Å²) in [6.45, 7) is 1.73. The summed E-state index contributed by atoms with van der Waals surface area (Å²) in [5, 5.41) is 9.55. The van der Waals surface area contributed by atoms with Crippen LogP contribution in [0.2, 0.25) is 5.02 Å². The van der Waals surface area contributed by atoms with Crippen molar-refractivity contribution in [2.45, 2.75) is 25.8 Å². The molecular weight excluding hydrogens is 334 g/mol. The van der Waals surface area contributed by atoms with E-state index in [4.69, 9.17) is 21.9 Å². The van der Waals surface area contributed by atoms with Crippen LogP contribution in [-0.2, 0) is 16.0 Å². The standard InChI is InChI=1S/C15H18ClN5O3/c1-9(22)19-12(10-2-4-11(16)5-3-10)8-13(23)18-7-6-14-20-15(17)21-24-14/h2-5,12H,6-8H2,1H3,(H2,17,21)(H,18,23)(H,19,22). The van der Waals surface area contributed by atoms with Crippen molar-refractivity contribution in [3.63, 3.8) is 0 Å². The summed E-state index contributed by atoms with van der Waals surface area (Å²) < 4.78 is 4.85. The van der Waals surface area contributed by atoms with Crippen LogP contribution in [0.15, 0.2) is 28.8 Å². The number of carbonyl (C=O) groups excluding carboxylic acids is 2. The zero-order valence-corrected chi connectivity index (χ0v) is 13.8. The lowest BCUT2D eigenvalue weighted by atomic mass is 10.0. The van der Waals surface area contributed by atoms with Crippen molar-refractivity contribution < 1.29 is 14.1 Å². The molecule has 1 atom stereocenters. The summed E-state index contributed by atoms with van der Waals surface area (Å²) in [4.78, 5) is 27.3. The SMILES string of the molecule is CC(=O)NC(CC(=O)NCCc1nc(N)no1)c1ccc(Cl)cc1. The molecule has 0 aliphatic rings. The first-order valence-electron chi connectivity index (χ1n) is 7.31. The average Bonchev–Trinajstić information content (AvgIpc) is 2.92. The molecule has 2 amide bonds. The molecule has 0 radical (unpaired) electrons. The highest BCUT2D eigenvalue weighted by Gasteiger charge is 2.17. The summed E-state index contributed by atoms with van der Waals surface area (Å²) in [5.41, 5.74) is 6.14. The molecule has 24 heavy (non-hydrogen) atoms. The predicted octanol–water partition coefficient (Wildman–Crippen LogP) is 1.23. The number of hydrogen-bond donors (Lipinski definition) is 3. The number of nitrogen functional groups attached to an aromatic ring is 1. The van der Waals surface area contributed by atoms with Gasteiger partial charge in [0, 0.05) is 24.9 Å². The average molecular weight is 352 g/mol. The minimum atomic E-state index is -0.432.